The second-order valence-electron chi connectivity index (χ2n) is 7.96. The molecule has 0 unspecified atom stereocenters. The van der Waals surface area contributed by atoms with E-state index in [0.29, 0.717) is 45.8 Å². The Bertz CT molecular complexity index is 1330. The molecule has 3 rings (SSSR count). The molecule has 0 fully saturated rings. The first-order valence-corrected chi connectivity index (χ1v) is 12.1. The standard InChI is InChI=1S/C29H26Cl2N2O3/c1-4-6-22-13-21(14-23(17-32)29(34)33-24-10-7-19(3)8-11-24)16-27(35-5-2)28(22)36-18-20-9-12-25(30)26(31)15-20/h4,7-16H,1,5-6,18H2,2-3H3,(H,33,34)/b23-14-. The third-order valence-corrected chi connectivity index (χ3v) is 5.91. The van der Waals surface area contributed by atoms with Crippen LogP contribution < -0.4 is 14.8 Å². The van der Waals surface area contributed by atoms with Crippen molar-refractivity contribution in [2.24, 2.45) is 0 Å². The van der Waals surface area contributed by atoms with Crippen LogP contribution in [-0.2, 0) is 17.8 Å². The van der Waals surface area contributed by atoms with Crippen LogP contribution in [0.1, 0.15) is 29.2 Å². The van der Waals surface area contributed by atoms with Crippen LogP contribution >= 0.6 is 23.2 Å². The Kier molecular flexibility index (Phi) is 9.58. The second kappa shape index (κ2) is 12.8. The predicted molar refractivity (Wildman–Crippen MR) is 146 cm³/mol. The molecule has 36 heavy (non-hydrogen) atoms. The number of anilines is 1. The number of ether oxygens (including phenoxy) is 2. The quantitative estimate of drug-likeness (QED) is 0.170. The monoisotopic (exact) mass is 520 g/mol. The molecule has 1 amide bonds. The van der Waals surface area contributed by atoms with Crippen molar-refractivity contribution in [3.63, 3.8) is 0 Å². The molecule has 0 bridgehead atoms. The van der Waals surface area contributed by atoms with Crippen molar-refractivity contribution in [2.75, 3.05) is 11.9 Å². The summed E-state index contributed by atoms with van der Waals surface area (Å²) in [7, 11) is 0. The van der Waals surface area contributed by atoms with Gasteiger partial charge in [-0.2, -0.15) is 5.26 Å². The number of hydrogen-bond acceptors (Lipinski definition) is 4. The fraction of sp³-hybridized carbons (Fsp3) is 0.172. The molecule has 0 saturated carbocycles. The van der Waals surface area contributed by atoms with Crippen LogP contribution in [0.15, 0.2) is 72.8 Å². The zero-order valence-corrected chi connectivity index (χ0v) is 21.6. The lowest BCUT2D eigenvalue weighted by Gasteiger charge is -2.17. The van der Waals surface area contributed by atoms with Gasteiger partial charge in [-0.05, 0) is 73.9 Å². The largest absolute Gasteiger partial charge is 0.490 e. The third kappa shape index (κ3) is 7.14. The van der Waals surface area contributed by atoms with Crippen molar-refractivity contribution in [3.8, 4) is 17.6 Å². The van der Waals surface area contributed by atoms with Gasteiger partial charge in [-0.1, -0.05) is 53.0 Å². The van der Waals surface area contributed by atoms with Crippen molar-refractivity contribution >= 4 is 40.9 Å². The molecule has 3 aromatic rings. The summed E-state index contributed by atoms with van der Waals surface area (Å²) in [5, 5.41) is 13.3. The van der Waals surface area contributed by atoms with Crippen LogP contribution in [0.4, 0.5) is 5.69 Å². The molecule has 184 valence electrons. The highest BCUT2D eigenvalue weighted by Crippen LogP contribution is 2.36. The van der Waals surface area contributed by atoms with E-state index in [1.54, 1.807) is 36.4 Å². The van der Waals surface area contributed by atoms with Crippen LogP contribution in [0.2, 0.25) is 10.0 Å². The Labute approximate surface area is 221 Å². The van der Waals surface area contributed by atoms with E-state index >= 15 is 0 Å². The highest BCUT2D eigenvalue weighted by molar-refractivity contribution is 6.42. The van der Waals surface area contributed by atoms with Crippen LogP contribution in [0.5, 0.6) is 11.5 Å². The summed E-state index contributed by atoms with van der Waals surface area (Å²) in [6, 6.07) is 18.2. The number of nitrogens with one attached hydrogen (secondary N) is 1. The molecule has 0 saturated heterocycles. The molecule has 0 radical (unpaired) electrons. The van der Waals surface area contributed by atoms with Gasteiger partial charge in [0.15, 0.2) is 11.5 Å². The van der Waals surface area contributed by atoms with Crippen molar-refractivity contribution in [1.29, 1.82) is 5.26 Å². The first-order valence-electron chi connectivity index (χ1n) is 11.3. The molecular weight excluding hydrogens is 495 g/mol. The molecule has 0 aliphatic heterocycles. The number of hydrogen-bond donors (Lipinski definition) is 1. The molecule has 0 spiro atoms. The molecule has 0 aromatic heterocycles. The van der Waals surface area contributed by atoms with Gasteiger partial charge in [-0.3, -0.25) is 4.79 Å². The number of nitrogens with zero attached hydrogens (tertiary/aromatic N) is 1. The number of allylic oxidation sites excluding steroid dienone is 1. The van der Waals surface area contributed by atoms with Gasteiger partial charge in [-0.15, -0.1) is 6.58 Å². The van der Waals surface area contributed by atoms with E-state index < -0.39 is 5.91 Å². The number of nitriles is 1. The Morgan fingerprint density at radius 2 is 1.83 bits per heavy atom. The summed E-state index contributed by atoms with van der Waals surface area (Å²) in [5.41, 5.74) is 3.93. The highest BCUT2D eigenvalue weighted by Gasteiger charge is 2.16. The minimum atomic E-state index is -0.496. The average Bonchev–Trinajstić information content (AvgIpc) is 2.86. The Hall–Kier alpha value is -3.72. The summed E-state index contributed by atoms with van der Waals surface area (Å²) >= 11 is 12.1. The summed E-state index contributed by atoms with van der Waals surface area (Å²) in [6.07, 6.45) is 3.77. The van der Waals surface area contributed by atoms with E-state index in [0.717, 1.165) is 16.7 Å². The maximum absolute atomic E-state index is 12.7. The normalized spacial score (nSPS) is 10.9. The topological polar surface area (TPSA) is 71.4 Å². The van der Waals surface area contributed by atoms with E-state index in [2.05, 4.69) is 11.9 Å². The van der Waals surface area contributed by atoms with Crippen LogP contribution in [-0.4, -0.2) is 12.5 Å². The molecule has 3 aromatic carbocycles. The third-order valence-electron chi connectivity index (χ3n) is 5.17. The maximum Gasteiger partial charge on any atom is 0.266 e. The van der Waals surface area contributed by atoms with Crippen LogP contribution in [0.3, 0.4) is 0 Å². The van der Waals surface area contributed by atoms with Crippen molar-refractivity contribution < 1.29 is 14.3 Å². The minimum Gasteiger partial charge on any atom is -0.490 e. The Morgan fingerprint density at radius 3 is 2.47 bits per heavy atom. The molecular formula is C29H26Cl2N2O3. The van der Waals surface area contributed by atoms with Gasteiger partial charge >= 0.3 is 0 Å². The van der Waals surface area contributed by atoms with Gasteiger partial charge in [0.05, 0.1) is 16.7 Å². The van der Waals surface area contributed by atoms with Crippen LogP contribution in [0.25, 0.3) is 6.08 Å². The van der Waals surface area contributed by atoms with E-state index in [4.69, 9.17) is 32.7 Å². The summed E-state index contributed by atoms with van der Waals surface area (Å²) in [6.45, 7) is 8.32. The van der Waals surface area contributed by atoms with Crippen molar-refractivity contribution in [1.82, 2.24) is 0 Å². The zero-order chi connectivity index (χ0) is 26.1. The zero-order valence-electron chi connectivity index (χ0n) is 20.1. The number of carbonyl (C=O) groups is 1. The van der Waals surface area contributed by atoms with E-state index in [1.165, 1.54) is 6.08 Å². The van der Waals surface area contributed by atoms with E-state index in [1.807, 2.05) is 44.2 Å². The molecule has 0 aliphatic carbocycles. The first kappa shape index (κ1) is 26.9. The lowest BCUT2D eigenvalue weighted by molar-refractivity contribution is -0.112. The number of benzene rings is 3. The van der Waals surface area contributed by atoms with Gasteiger partial charge < -0.3 is 14.8 Å². The Morgan fingerprint density at radius 1 is 1.08 bits per heavy atom. The SMILES string of the molecule is C=CCc1cc(/C=C(/C#N)C(=O)Nc2ccc(C)cc2)cc(OCC)c1OCc1ccc(Cl)c(Cl)c1. The maximum atomic E-state index is 12.7. The highest BCUT2D eigenvalue weighted by atomic mass is 35.5. The fourth-order valence-corrected chi connectivity index (χ4v) is 3.76. The first-order chi connectivity index (χ1) is 17.3. The minimum absolute atomic E-state index is 0.0351. The number of halogens is 2. The summed E-state index contributed by atoms with van der Waals surface area (Å²) in [4.78, 5) is 12.7. The number of carbonyl (C=O) groups excluding carboxylic acids is 1. The van der Waals surface area contributed by atoms with Gasteiger partial charge in [-0.25, -0.2) is 0 Å². The van der Waals surface area contributed by atoms with Crippen LogP contribution in [0, 0.1) is 18.3 Å². The van der Waals surface area contributed by atoms with Gasteiger partial charge in [0.25, 0.3) is 5.91 Å². The second-order valence-corrected chi connectivity index (χ2v) is 8.77. The Balaban J connectivity index is 1.92. The number of amides is 1. The lowest BCUT2D eigenvalue weighted by Crippen LogP contribution is -2.13. The molecule has 0 atom stereocenters. The number of rotatable bonds is 10. The fourth-order valence-electron chi connectivity index (χ4n) is 3.44. The molecule has 0 aliphatic rings. The molecule has 7 heteroatoms. The van der Waals surface area contributed by atoms with E-state index in [-0.39, 0.29) is 12.2 Å². The summed E-state index contributed by atoms with van der Waals surface area (Å²) < 4.78 is 12.0. The molecule has 1 N–H and O–H groups in total. The van der Waals surface area contributed by atoms with Gasteiger partial charge in [0.2, 0.25) is 0 Å². The van der Waals surface area contributed by atoms with Gasteiger partial charge in [0.1, 0.15) is 18.2 Å². The summed E-state index contributed by atoms with van der Waals surface area (Å²) in [5.74, 6) is 0.562. The van der Waals surface area contributed by atoms with Crippen molar-refractivity contribution in [3.05, 3.63) is 105 Å². The molecule has 5 nitrogen and oxygen atoms in total. The van der Waals surface area contributed by atoms with E-state index in [9.17, 15) is 10.1 Å². The number of aryl methyl sites for hydroxylation is 1. The van der Waals surface area contributed by atoms with Gasteiger partial charge in [0, 0.05) is 11.3 Å². The van der Waals surface area contributed by atoms with Crippen molar-refractivity contribution in [2.45, 2.75) is 26.9 Å². The smallest absolute Gasteiger partial charge is 0.266 e. The average molecular weight is 521 g/mol. The predicted octanol–water partition coefficient (Wildman–Crippen LogP) is 7.55. The lowest BCUT2D eigenvalue weighted by atomic mass is 10.0. The molecule has 0 heterocycles.